The van der Waals surface area contributed by atoms with Gasteiger partial charge in [0.2, 0.25) is 5.91 Å². The Morgan fingerprint density at radius 1 is 1.08 bits per heavy atom. The molecule has 8 atom stereocenters. The molecule has 1 aliphatic carbocycles. The highest BCUT2D eigenvalue weighted by Crippen LogP contribution is 2.55. The summed E-state index contributed by atoms with van der Waals surface area (Å²) < 4.78 is 52.5. The Hall–Kier alpha value is -2.35. The first-order valence-electron chi connectivity index (χ1n) is 19.5. The summed E-state index contributed by atoms with van der Waals surface area (Å²) in [7, 11) is 0. The molecule has 5 unspecified atom stereocenters. The molecule has 1 amide bonds. The Balaban J connectivity index is 1.57. The number of carbonyl (C=O) groups excluding carboxylic acids is 1. The minimum absolute atomic E-state index is 0.0423. The third kappa shape index (κ3) is 6.37. The van der Waals surface area contributed by atoms with Gasteiger partial charge in [-0.25, -0.2) is 8.78 Å². The summed E-state index contributed by atoms with van der Waals surface area (Å²) in [6, 6.07) is 3.09. The van der Waals surface area contributed by atoms with Crippen molar-refractivity contribution < 1.29 is 16.3 Å². The average molecular weight is 670 g/mol. The lowest BCUT2D eigenvalue weighted by Gasteiger charge is -2.52. The van der Waals surface area contributed by atoms with Crippen LogP contribution in [0.25, 0.3) is 0 Å². The van der Waals surface area contributed by atoms with Crippen LogP contribution in [-0.2, 0) is 11.2 Å². The highest BCUT2D eigenvalue weighted by Gasteiger charge is 2.57. The van der Waals surface area contributed by atoms with Gasteiger partial charge in [0.1, 0.15) is 11.6 Å². The summed E-state index contributed by atoms with van der Waals surface area (Å²) in [6.07, 6.45) is 4.13. The van der Waals surface area contributed by atoms with Gasteiger partial charge < -0.3 is 9.88 Å². The monoisotopic (exact) mass is 670 g/mol. The summed E-state index contributed by atoms with van der Waals surface area (Å²) in [5.41, 5.74) is 0.225. The number of hydrogen-bond acceptors (Lipinski definition) is 4. The minimum atomic E-state index is -2.82. The molecular formula is C40H63F2N5O. The topological polar surface area (TPSA) is 63.1 Å². The van der Waals surface area contributed by atoms with Crippen LogP contribution in [0.3, 0.4) is 0 Å². The van der Waals surface area contributed by atoms with E-state index < -0.39 is 34.7 Å². The van der Waals surface area contributed by atoms with Crippen molar-refractivity contribution >= 4 is 5.91 Å². The minimum Gasteiger partial charge on any atom is -0.348 e. The van der Waals surface area contributed by atoms with Gasteiger partial charge in [-0.1, -0.05) is 80.5 Å². The molecule has 48 heavy (non-hydrogen) atoms. The SMILES string of the molecule is [2H]C(C)(N1C2C[C@H](n3c(CC)nnc3C(C)CC)C[C@H]1C(C)(C)C2)C(C)(C)[C@]([2H])(NC(=O)C1(C)CCC(F)(F)C(C)C1)c1cccc(C)c1C. The Morgan fingerprint density at radius 2 is 1.77 bits per heavy atom. The van der Waals surface area contributed by atoms with Crippen molar-refractivity contribution in [3.05, 3.63) is 46.5 Å². The standard InChI is InChI=1S/C40H63F2N5O/c1-13-24(3)35-45-44-33(14-2)47(35)29-20-30-23-37(8,9)32(21-29)46(30)28(7)38(10,11)34(31-17-15-16-25(4)27(31)6)43-36(48)39(12)18-19-40(41,42)26(5)22-39/h15-17,24,26,28-30,32,34H,13-14,18-23H2,1-12H3,(H,43,48)/t24?,26?,28?,29-,30?,32-,34+,39?/m0/s1/i28D,34D. The van der Waals surface area contributed by atoms with Crippen LogP contribution >= 0.6 is 0 Å². The van der Waals surface area contributed by atoms with Gasteiger partial charge in [0.05, 0.1) is 7.39 Å². The number of nitrogens with zero attached hydrogens (tertiary/aromatic N) is 4. The normalized spacial score (nSPS) is 32.5. The smallest absolute Gasteiger partial charge is 0.250 e. The van der Waals surface area contributed by atoms with Crippen molar-refractivity contribution in [3.8, 4) is 0 Å². The maximum atomic E-state index is 14.6. The number of piperidine rings is 1. The van der Waals surface area contributed by atoms with E-state index in [0.717, 1.165) is 54.9 Å². The maximum Gasteiger partial charge on any atom is 0.250 e. The van der Waals surface area contributed by atoms with Crippen molar-refractivity contribution in [2.45, 2.75) is 176 Å². The molecule has 1 saturated carbocycles. The third-order valence-electron chi connectivity index (χ3n) is 13.0. The van der Waals surface area contributed by atoms with Gasteiger partial charge >= 0.3 is 0 Å². The van der Waals surface area contributed by atoms with Crippen LogP contribution in [0.4, 0.5) is 8.78 Å². The number of aryl methyl sites for hydroxylation is 2. The van der Waals surface area contributed by atoms with Gasteiger partial charge in [0.25, 0.3) is 5.92 Å². The number of rotatable bonds is 10. The van der Waals surface area contributed by atoms with Crippen molar-refractivity contribution in [2.75, 3.05) is 0 Å². The van der Waals surface area contributed by atoms with Gasteiger partial charge in [0.15, 0.2) is 0 Å². The quantitative estimate of drug-likeness (QED) is 0.274. The predicted molar refractivity (Wildman–Crippen MR) is 190 cm³/mol. The van der Waals surface area contributed by atoms with Gasteiger partial charge in [-0.15, -0.1) is 10.2 Å². The second-order valence-electron chi connectivity index (χ2n) is 17.1. The molecule has 0 radical (unpaired) electrons. The van der Waals surface area contributed by atoms with E-state index in [2.05, 4.69) is 59.6 Å². The lowest BCUT2D eigenvalue weighted by atomic mass is 9.67. The molecule has 3 aliphatic rings. The van der Waals surface area contributed by atoms with Gasteiger partial charge in [-0.3, -0.25) is 9.69 Å². The zero-order valence-corrected chi connectivity index (χ0v) is 31.7. The van der Waals surface area contributed by atoms with Crippen LogP contribution in [0, 0.1) is 36.0 Å². The van der Waals surface area contributed by atoms with Crippen LogP contribution in [0.2, 0.25) is 0 Å². The molecule has 2 aromatic rings. The molecule has 1 N–H and O–H groups in total. The second-order valence-corrected chi connectivity index (χ2v) is 17.1. The summed E-state index contributed by atoms with van der Waals surface area (Å²) in [5.74, 6) is -1.81. The molecule has 3 fully saturated rings. The largest absolute Gasteiger partial charge is 0.348 e. The van der Waals surface area contributed by atoms with E-state index in [0.29, 0.717) is 5.56 Å². The average Bonchev–Trinajstić information content (AvgIpc) is 3.54. The van der Waals surface area contributed by atoms with Crippen molar-refractivity contribution in [1.82, 2.24) is 25.0 Å². The summed E-state index contributed by atoms with van der Waals surface area (Å²) in [5, 5.41) is 12.5. The fraction of sp³-hybridized carbons (Fsp3) is 0.775. The molecule has 2 bridgehead atoms. The number of halogens is 2. The maximum absolute atomic E-state index is 14.6. The molecule has 1 aromatic carbocycles. The number of carbonyl (C=O) groups is 1. The number of alkyl halides is 2. The summed E-state index contributed by atoms with van der Waals surface area (Å²) >= 11 is 0. The van der Waals surface area contributed by atoms with Crippen molar-refractivity contribution in [3.63, 3.8) is 0 Å². The van der Waals surface area contributed by atoms with E-state index in [1.54, 1.807) is 6.92 Å². The van der Waals surface area contributed by atoms with E-state index in [1.165, 1.54) is 6.92 Å². The first-order valence-corrected chi connectivity index (χ1v) is 18.5. The van der Waals surface area contributed by atoms with E-state index >= 15 is 0 Å². The fourth-order valence-electron chi connectivity index (χ4n) is 9.16. The van der Waals surface area contributed by atoms with Crippen LogP contribution in [-0.4, -0.2) is 49.6 Å². The number of aromatic nitrogens is 3. The van der Waals surface area contributed by atoms with Gasteiger partial charge in [0, 0.05) is 61.0 Å². The molecule has 6 nitrogen and oxygen atoms in total. The van der Waals surface area contributed by atoms with E-state index in [1.807, 2.05) is 52.8 Å². The molecule has 3 heterocycles. The number of nitrogens with one attached hydrogen (secondary N) is 1. The number of hydrogen-bond donors (Lipinski definition) is 1. The lowest BCUT2D eigenvalue weighted by molar-refractivity contribution is -0.147. The van der Waals surface area contributed by atoms with E-state index in [4.69, 9.17) is 0 Å². The van der Waals surface area contributed by atoms with Crippen LogP contribution < -0.4 is 5.32 Å². The molecule has 5 rings (SSSR count). The Kier molecular flexibility index (Phi) is 9.30. The Labute approximate surface area is 292 Å². The zero-order valence-electron chi connectivity index (χ0n) is 33.7. The first-order chi connectivity index (χ1) is 23.0. The zero-order chi connectivity index (χ0) is 37.4. The molecular weight excluding hydrogens is 604 g/mol. The highest BCUT2D eigenvalue weighted by molar-refractivity contribution is 5.83. The molecule has 1 aromatic heterocycles. The second kappa shape index (κ2) is 13.1. The van der Waals surface area contributed by atoms with E-state index in [9.17, 15) is 16.3 Å². The third-order valence-corrected chi connectivity index (χ3v) is 13.0. The Morgan fingerprint density at radius 3 is 2.38 bits per heavy atom. The number of benzene rings is 1. The number of amides is 1. The lowest BCUT2D eigenvalue weighted by Crippen LogP contribution is -2.58. The molecule has 8 heteroatoms. The molecule has 2 aliphatic heterocycles. The van der Waals surface area contributed by atoms with Crippen LogP contribution in [0.15, 0.2) is 18.2 Å². The Bertz CT molecular complexity index is 1590. The predicted octanol–water partition coefficient (Wildman–Crippen LogP) is 9.51. The van der Waals surface area contributed by atoms with Crippen molar-refractivity contribution in [1.29, 1.82) is 0 Å². The summed E-state index contributed by atoms with van der Waals surface area (Å²) in [4.78, 5) is 16.8. The van der Waals surface area contributed by atoms with Crippen molar-refractivity contribution in [2.24, 2.45) is 22.2 Å². The highest BCUT2D eigenvalue weighted by atomic mass is 19.3. The summed E-state index contributed by atoms with van der Waals surface area (Å²) in [6.45, 7) is 24.2. The molecule has 0 spiro atoms. The van der Waals surface area contributed by atoms with Gasteiger partial charge in [-0.2, -0.15) is 0 Å². The van der Waals surface area contributed by atoms with Crippen LogP contribution in [0.1, 0.15) is 163 Å². The molecule has 268 valence electrons. The van der Waals surface area contributed by atoms with Gasteiger partial charge in [-0.05, 0) is 81.4 Å². The van der Waals surface area contributed by atoms with E-state index in [-0.39, 0.29) is 54.6 Å². The first kappa shape index (κ1) is 34.1. The number of fused-ring (bicyclic) bond motifs is 2. The van der Waals surface area contributed by atoms with Crippen LogP contribution in [0.5, 0.6) is 0 Å². The molecule has 2 saturated heterocycles. The fourth-order valence-corrected chi connectivity index (χ4v) is 9.16.